The third-order valence-corrected chi connectivity index (χ3v) is 4.43. The Kier molecular flexibility index (Phi) is 3.76. The number of ether oxygens (including phenoxy) is 1. The highest BCUT2D eigenvalue weighted by Crippen LogP contribution is 2.30. The Bertz CT molecular complexity index is 429. The predicted octanol–water partition coefficient (Wildman–Crippen LogP) is 2.05. The number of nitrogens with two attached hydrogens (primary N) is 1. The lowest BCUT2D eigenvalue weighted by molar-refractivity contribution is 0.181. The van der Waals surface area contributed by atoms with Gasteiger partial charge < -0.3 is 15.4 Å². The van der Waals surface area contributed by atoms with Gasteiger partial charge in [-0.1, -0.05) is 25.1 Å². The molecule has 2 heterocycles. The standard InChI is InChI=1S/C16H24N2O/c1-12-8-13-4-2-3-5-16(13)18(9-12)10-15(17)14-6-7-19-11-14/h2-5,12,14-15H,6-11,17H2,1H3. The maximum Gasteiger partial charge on any atom is 0.0510 e. The average molecular weight is 260 g/mol. The summed E-state index contributed by atoms with van der Waals surface area (Å²) < 4.78 is 5.46. The van der Waals surface area contributed by atoms with E-state index in [1.54, 1.807) is 0 Å². The van der Waals surface area contributed by atoms with Crippen molar-refractivity contribution in [2.75, 3.05) is 31.2 Å². The molecule has 0 saturated carbocycles. The van der Waals surface area contributed by atoms with Gasteiger partial charge in [0.25, 0.3) is 0 Å². The number of nitrogens with zero attached hydrogens (tertiary/aromatic N) is 1. The summed E-state index contributed by atoms with van der Waals surface area (Å²) in [4.78, 5) is 2.48. The minimum atomic E-state index is 0.223. The van der Waals surface area contributed by atoms with Gasteiger partial charge in [0.1, 0.15) is 0 Å². The summed E-state index contributed by atoms with van der Waals surface area (Å²) in [6.45, 7) is 6.12. The Morgan fingerprint density at radius 3 is 3.05 bits per heavy atom. The van der Waals surface area contributed by atoms with E-state index in [0.717, 1.165) is 32.7 Å². The molecule has 0 radical (unpaired) electrons. The number of rotatable bonds is 3. The van der Waals surface area contributed by atoms with Crippen molar-refractivity contribution in [3.05, 3.63) is 29.8 Å². The molecule has 3 rings (SSSR count). The normalized spacial score (nSPS) is 28.2. The second-order valence-electron chi connectivity index (χ2n) is 6.13. The van der Waals surface area contributed by atoms with Crippen molar-refractivity contribution in [2.24, 2.45) is 17.6 Å². The fraction of sp³-hybridized carbons (Fsp3) is 0.625. The monoisotopic (exact) mass is 260 g/mol. The van der Waals surface area contributed by atoms with Crippen molar-refractivity contribution < 1.29 is 4.74 Å². The first-order chi connectivity index (χ1) is 9.24. The van der Waals surface area contributed by atoms with E-state index in [1.165, 1.54) is 17.7 Å². The van der Waals surface area contributed by atoms with Crippen molar-refractivity contribution in [1.82, 2.24) is 0 Å². The van der Waals surface area contributed by atoms with E-state index in [0.29, 0.717) is 11.8 Å². The largest absolute Gasteiger partial charge is 0.381 e. The third-order valence-electron chi connectivity index (χ3n) is 4.43. The van der Waals surface area contributed by atoms with E-state index in [9.17, 15) is 0 Å². The first kappa shape index (κ1) is 12.9. The quantitative estimate of drug-likeness (QED) is 0.904. The van der Waals surface area contributed by atoms with E-state index in [2.05, 4.69) is 36.1 Å². The Labute approximate surface area is 115 Å². The van der Waals surface area contributed by atoms with Gasteiger partial charge in [0.05, 0.1) is 6.61 Å². The van der Waals surface area contributed by atoms with Crippen LogP contribution in [-0.4, -0.2) is 32.3 Å². The lowest BCUT2D eigenvalue weighted by Crippen LogP contribution is -2.46. The van der Waals surface area contributed by atoms with Crippen LogP contribution in [0.3, 0.4) is 0 Å². The topological polar surface area (TPSA) is 38.5 Å². The molecule has 0 amide bonds. The van der Waals surface area contributed by atoms with Gasteiger partial charge in [0.15, 0.2) is 0 Å². The molecule has 0 bridgehead atoms. The van der Waals surface area contributed by atoms with Crippen LogP contribution < -0.4 is 10.6 Å². The highest BCUT2D eigenvalue weighted by Gasteiger charge is 2.27. The molecular weight excluding hydrogens is 236 g/mol. The molecule has 0 aliphatic carbocycles. The Balaban J connectivity index is 1.73. The maximum atomic E-state index is 6.39. The van der Waals surface area contributed by atoms with Crippen LogP contribution in [0.2, 0.25) is 0 Å². The van der Waals surface area contributed by atoms with Crippen LogP contribution in [0.4, 0.5) is 5.69 Å². The number of fused-ring (bicyclic) bond motifs is 1. The van der Waals surface area contributed by atoms with Crippen molar-refractivity contribution in [3.8, 4) is 0 Å². The van der Waals surface area contributed by atoms with Gasteiger partial charge in [-0.3, -0.25) is 0 Å². The summed E-state index contributed by atoms with van der Waals surface area (Å²) in [6, 6.07) is 8.98. The lowest BCUT2D eigenvalue weighted by Gasteiger charge is -2.37. The average Bonchev–Trinajstić information content (AvgIpc) is 2.92. The molecule has 3 atom stereocenters. The molecule has 0 spiro atoms. The second kappa shape index (κ2) is 5.51. The van der Waals surface area contributed by atoms with Gasteiger partial charge in [-0.15, -0.1) is 0 Å². The molecule has 1 fully saturated rings. The highest BCUT2D eigenvalue weighted by molar-refractivity contribution is 5.55. The second-order valence-corrected chi connectivity index (χ2v) is 6.13. The lowest BCUT2D eigenvalue weighted by atomic mass is 9.92. The van der Waals surface area contributed by atoms with Gasteiger partial charge in [-0.25, -0.2) is 0 Å². The summed E-state index contributed by atoms with van der Waals surface area (Å²) in [7, 11) is 0. The summed E-state index contributed by atoms with van der Waals surface area (Å²) in [5.41, 5.74) is 9.24. The Morgan fingerprint density at radius 1 is 1.42 bits per heavy atom. The smallest absolute Gasteiger partial charge is 0.0510 e. The van der Waals surface area contributed by atoms with E-state index in [-0.39, 0.29) is 6.04 Å². The zero-order valence-electron chi connectivity index (χ0n) is 11.7. The molecule has 3 nitrogen and oxygen atoms in total. The fourth-order valence-electron chi connectivity index (χ4n) is 3.37. The molecule has 2 aliphatic heterocycles. The fourth-order valence-corrected chi connectivity index (χ4v) is 3.37. The van der Waals surface area contributed by atoms with Crippen LogP contribution >= 0.6 is 0 Å². The molecule has 1 aromatic rings. The molecular formula is C16H24N2O. The Morgan fingerprint density at radius 2 is 2.26 bits per heavy atom. The van der Waals surface area contributed by atoms with E-state index < -0.39 is 0 Å². The molecule has 1 aromatic carbocycles. The zero-order valence-corrected chi connectivity index (χ0v) is 11.7. The van der Waals surface area contributed by atoms with Gasteiger partial charge in [0, 0.05) is 37.3 Å². The Hall–Kier alpha value is -1.06. The predicted molar refractivity (Wildman–Crippen MR) is 78.4 cm³/mol. The van der Waals surface area contributed by atoms with Crippen molar-refractivity contribution >= 4 is 5.69 Å². The van der Waals surface area contributed by atoms with Crippen LogP contribution in [-0.2, 0) is 11.2 Å². The highest BCUT2D eigenvalue weighted by atomic mass is 16.5. The summed E-state index contributed by atoms with van der Waals surface area (Å²) in [6.07, 6.45) is 2.31. The first-order valence-corrected chi connectivity index (χ1v) is 7.40. The van der Waals surface area contributed by atoms with Crippen LogP contribution in [0, 0.1) is 11.8 Å². The number of para-hydroxylation sites is 1. The molecule has 104 valence electrons. The van der Waals surface area contributed by atoms with Gasteiger partial charge in [0.2, 0.25) is 0 Å². The van der Waals surface area contributed by atoms with Crippen LogP contribution in [0.15, 0.2) is 24.3 Å². The molecule has 3 unspecified atom stereocenters. The van der Waals surface area contributed by atoms with Crippen LogP contribution in [0.5, 0.6) is 0 Å². The summed E-state index contributed by atoms with van der Waals surface area (Å²) >= 11 is 0. The maximum absolute atomic E-state index is 6.39. The first-order valence-electron chi connectivity index (χ1n) is 7.40. The van der Waals surface area contributed by atoms with E-state index in [1.807, 2.05) is 0 Å². The third kappa shape index (κ3) is 2.77. The number of hydrogen-bond acceptors (Lipinski definition) is 3. The van der Waals surface area contributed by atoms with Crippen molar-refractivity contribution in [2.45, 2.75) is 25.8 Å². The van der Waals surface area contributed by atoms with E-state index >= 15 is 0 Å². The molecule has 0 aromatic heterocycles. The van der Waals surface area contributed by atoms with Crippen molar-refractivity contribution in [3.63, 3.8) is 0 Å². The van der Waals surface area contributed by atoms with Crippen molar-refractivity contribution in [1.29, 1.82) is 0 Å². The number of hydrogen-bond donors (Lipinski definition) is 1. The summed E-state index contributed by atoms with van der Waals surface area (Å²) in [5, 5.41) is 0. The van der Waals surface area contributed by atoms with Crippen LogP contribution in [0.1, 0.15) is 18.9 Å². The van der Waals surface area contributed by atoms with Gasteiger partial charge >= 0.3 is 0 Å². The van der Waals surface area contributed by atoms with Gasteiger partial charge in [-0.2, -0.15) is 0 Å². The molecule has 19 heavy (non-hydrogen) atoms. The number of benzene rings is 1. The summed E-state index contributed by atoms with van der Waals surface area (Å²) in [5.74, 6) is 1.24. The van der Waals surface area contributed by atoms with E-state index in [4.69, 9.17) is 10.5 Å². The minimum absolute atomic E-state index is 0.223. The van der Waals surface area contributed by atoms with Gasteiger partial charge in [-0.05, 0) is 30.4 Å². The molecule has 2 aliphatic rings. The molecule has 3 heteroatoms. The molecule has 2 N–H and O–H groups in total. The minimum Gasteiger partial charge on any atom is -0.381 e. The number of anilines is 1. The van der Waals surface area contributed by atoms with Crippen LogP contribution in [0.25, 0.3) is 0 Å². The molecule has 1 saturated heterocycles. The zero-order chi connectivity index (χ0) is 13.2. The SMILES string of the molecule is CC1Cc2ccccc2N(CC(N)C2CCOC2)C1.